The molecule has 1 aromatic carbocycles. The molecule has 1 heterocycles. The summed E-state index contributed by atoms with van der Waals surface area (Å²) in [6.07, 6.45) is 5.39. The molecule has 5 heteroatoms. The van der Waals surface area contributed by atoms with Gasteiger partial charge in [0.15, 0.2) is 0 Å². The molecule has 1 aliphatic rings. The fourth-order valence-corrected chi connectivity index (χ4v) is 3.03. The second-order valence-electron chi connectivity index (χ2n) is 6.25. The molecule has 1 aliphatic carbocycles. The van der Waals surface area contributed by atoms with Gasteiger partial charge in [-0.1, -0.05) is 12.1 Å². The van der Waals surface area contributed by atoms with Crippen molar-refractivity contribution in [2.24, 2.45) is 0 Å². The molecule has 5 nitrogen and oxygen atoms in total. The summed E-state index contributed by atoms with van der Waals surface area (Å²) in [5, 5.41) is 16.8. The summed E-state index contributed by atoms with van der Waals surface area (Å²) in [4.78, 5) is 15.0. The number of aliphatic hydroxyl groups is 1. The summed E-state index contributed by atoms with van der Waals surface area (Å²) in [6, 6.07) is 5.98. The number of hydrogen-bond donors (Lipinski definition) is 4. The predicted molar refractivity (Wildman–Crippen MR) is 86.9 cm³/mol. The number of H-pyrrole nitrogens is 1. The van der Waals surface area contributed by atoms with Crippen LogP contribution in [0.5, 0.6) is 0 Å². The van der Waals surface area contributed by atoms with Gasteiger partial charge < -0.3 is 20.7 Å². The summed E-state index contributed by atoms with van der Waals surface area (Å²) in [5.74, 6) is 0. The highest BCUT2D eigenvalue weighted by atomic mass is 16.3. The molecule has 1 saturated carbocycles. The lowest BCUT2D eigenvalue weighted by atomic mass is 9.80. The number of aryl methyl sites for hydroxylation is 1. The number of carbonyl (C=O) groups excluding carboxylic acids is 1. The monoisotopic (exact) mass is 301 g/mol. The average molecular weight is 301 g/mol. The van der Waals surface area contributed by atoms with E-state index in [1.165, 1.54) is 16.5 Å². The van der Waals surface area contributed by atoms with Crippen molar-refractivity contribution >= 4 is 16.9 Å². The SMILES string of the molecule is Cc1cccc2[nH]cc(CCNC(=O)NCC3(O)CCC3)c12. The molecular formula is C17H23N3O2. The van der Waals surface area contributed by atoms with Crippen LogP contribution in [0.3, 0.4) is 0 Å². The van der Waals surface area contributed by atoms with Gasteiger partial charge in [0.05, 0.1) is 5.60 Å². The highest BCUT2D eigenvalue weighted by Crippen LogP contribution is 2.30. The van der Waals surface area contributed by atoms with Crippen molar-refractivity contribution in [1.82, 2.24) is 15.6 Å². The molecule has 1 fully saturated rings. The van der Waals surface area contributed by atoms with Crippen molar-refractivity contribution in [2.45, 2.75) is 38.2 Å². The van der Waals surface area contributed by atoms with Crippen LogP contribution in [0.4, 0.5) is 4.79 Å². The summed E-state index contributed by atoms with van der Waals surface area (Å²) in [6.45, 7) is 3.01. The zero-order valence-corrected chi connectivity index (χ0v) is 12.9. The second kappa shape index (κ2) is 6.01. The highest BCUT2D eigenvalue weighted by molar-refractivity contribution is 5.86. The molecule has 2 amide bonds. The van der Waals surface area contributed by atoms with Gasteiger partial charge in [-0.3, -0.25) is 0 Å². The Kier molecular flexibility index (Phi) is 4.07. The van der Waals surface area contributed by atoms with E-state index < -0.39 is 5.60 Å². The predicted octanol–water partition coefficient (Wildman–Crippen LogP) is 2.23. The van der Waals surface area contributed by atoms with Crippen LogP contribution in [0, 0.1) is 6.92 Å². The van der Waals surface area contributed by atoms with Crippen LogP contribution in [0.1, 0.15) is 30.4 Å². The van der Waals surface area contributed by atoms with E-state index in [-0.39, 0.29) is 6.03 Å². The third kappa shape index (κ3) is 3.09. The van der Waals surface area contributed by atoms with E-state index in [0.717, 1.165) is 31.2 Å². The number of urea groups is 1. The van der Waals surface area contributed by atoms with Crippen LogP contribution in [0.25, 0.3) is 10.9 Å². The van der Waals surface area contributed by atoms with Gasteiger partial charge in [-0.25, -0.2) is 4.79 Å². The number of rotatable bonds is 5. The summed E-state index contributed by atoms with van der Waals surface area (Å²) in [7, 11) is 0. The molecule has 0 atom stereocenters. The van der Waals surface area contributed by atoms with E-state index in [2.05, 4.69) is 34.7 Å². The molecular weight excluding hydrogens is 278 g/mol. The third-order valence-corrected chi connectivity index (χ3v) is 4.54. The lowest BCUT2D eigenvalue weighted by molar-refractivity contribution is -0.0290. The summed E-state index contributed by atoms with van der Waals surface area (Å²) in [5.41, 5.74) is 2.91. The fourth-order valence-electron chi connectivity index (χ4n) is 3.03. The van der Waals surface area contributed by atoms with Gasteiger partial charge in [0.1, 0.15) is 0 Å². The van der Waals surface area contributed by atoms with E-state index in [1.54, 1.807) is 0 Å². The average Bonchev–Trinajstić information content (AvgIpc) is 2.88. The van der Waals surface area contributed by atoms with Crippen molar-refractivity contribution in [3.05, 3.63) is 35.5 Å². The summed E-state index contributed by atoms with van der Waals surface area (Å²) < 4.78 is 0. The highest BCUT2D eigenvalue weighted by Gasteiger charge is 2.34. The van der Waals surface area contributed by atoms with Crippen LogP contribution < -0.4 is 10.6 Å². The number of aromatic amines is 1. The van der Waals surface area contributed by atoms with Crippen LogP contribution >= 0.6 is 0 Å². The molecule has 4 N–H and O–H groups in total. The zero-order valence-electron chi connectivity index (χ0n) is 12.9. The van der Waals surface area contributed by atoms with Gasteiger partial charge in [0, 0.05) is 30.2 Å². The zero-order chi connectivity index (χ0) is 15.6. The molecule has 0 bridgehead atoms. The van der Waals surface area contributed by atoms with Gasteiger partial charge in [-0.05, 0) is 49.8 Å². The van der Waals surface area contributed by atoms with E-state index in [0.29, 0.717) is 13.1 Å². The van der Waals surface area contributed by atoms with Gasteiger partial charge >= 0.3 is 6.03 Å². The maximum Gasteiger partial charge on any atom is 0.314 e. The summed E-state index contributed by atoms with van der Waals surface area (Å²) >= 11 is 0. The first kappa shape index (κ1) is 14.9. The smallest absolute Gasteiger partial charge is 0.314 e. The number of amides is 2. The maximum absolute atomic E-state index is 11.7. The Morgan fingerprint density at radius 3 is 2.91 bits per heavy atom. The lowest BCUT2D eigenvalue weighted by Gasteiger charge is -2.36. The number of hydrogen-bond acceptors (Lipinski definition) is 2. The van der Waals surface area contributed by atoms with Crippen molar-refractivity contribution < 1.29 is 9.90 Å². The molecule has 22 heavy (non-hydrogen) atoms. The van der Waals surface area contributed by atoms with Gasteiger partial charge in [-0.15, -0.1) is 0 Å². The van der Waals surface area contributed by atoms with E-state index in [4.69, 9.17) is 0 Å². The quantitative estimate of drug-likeness (QED) is 0.683. The number of aromatic nitrogens is 1. The van der Waals surface area contributed by atoms with E-state index in [9.17, 15) is 9.90 Å². The molecule has 118 valence electrons. The minimum Gasteiger partial charge on any atom is -0.388 e. The van der Waals surface area contributed by atoms with E-state index in [1.807, 2.05) is 12.3 Å². The van der Waals surface area contributed by atoms with Crippen LogP contribution in [-0.2, 0) is 6.42 Å². The Labute approximate surface area is 130 Å². The molecule has 0 aliphatic heterocycles. The van der Waals surface area contributed by atoms with Crippen molar-refractivity contribution in [3.63, 3.8) is 0 Å². The molecule has 1 aromatic heterocycles. The number of nitrogens with one attached hydrogen (secondary N) is 3. The van der Waals surface area contributed by atoms with Gasteiger partial charge in [0.2, 0.25) is 0 Å². The fraction of sp³-hybridized carbons (Fsp3) is 0.471. The van der Waals surface area contributed by atoms with Crippen LogP contribution in [-0.4, -0.2) is 34.8 Å². The van der Waals surface area contributed by atoms with E-state index >= 15 is 0 Å². The molecule has 3 rings (SSSR count). The first-order chi connectivity index (χ1) is 10.6. The number of fused-ring (bicyclic) bond motifs is 1. The standard InChI is InChI=1S/C17H23N3O2/c1-12-4-2-5-14-15(12)13(10-19-14)6-9-18-16(21)20-11-17(22)7-3-8-17/h2,4-5,10,19,22H,3,6-9,11H2,1H3,(H2,18,20,21). The maximum atomic E-state index is 11.7. The van der Waals surface area contributed by atoms with Crippen molar-refractivity contribution in [1.29, 1.82) is 0 Å². The molecule has 0 spiro atoms. The van der Waals surface area contributed by atoms with Crippen LogP contribution in [0.2, 0.25) is 0 Å². The van der Waals surface area contributed by atoms with Crippen molar-refractivity contribution in [3.8, 4) is 0 Å². The molecule has 0 saturated heterocycles. The Bertz CT molecular complexity index is 674. The minimum absolute atomic E-state index is 0.211. The number of carbonyl (C=O) groups is 1. The largest absolute Gasteiger partial charge is 0.388 e. The first-order valence-corrected chi connectivity index (χ1v) is 7.87. The Balaban J connectivity index is 1.49. The molecule has 0 radical (unpaired) electrons. The minimum atomic E-state index is -0.675. The Hall–Kier alpha value is -2.01. The number of benzene rings is 1. The van der Waals surface area contributed by atoms with Crippen LogP contribution in [0.15, 0.2) is 24.4 Å². The van der Waals surface area contributed by atoms with Gasteiger partial charge in [-0.2, -0.15) is 0 Å². The second-order valence-corrected chi connectivity index (χ2v) is 6.25. The third-order valence-electron chi connectivity index (χ3n) is 4.54. The molecule has 2 aromatic rings. The Morgan fingerprint density at radius 1 is 1.36 bits per heavy atom. The normalized spacial score (nSPS) is 16.3. The van der Waals surface area contributed by atoms with Crippen molar-refractivity contribution in [2.75, 3.05) is 13.1 Å². The first-order valence-electron chi connectivity index (χ1n) is 7.87. The Morgan fingerprint density at radius 2 is 2.18 bits per heavy atom. The van der Waals surface area contributed by atoms with Gasteiger partial charge in [0.25, 0.3) is 0 Å². The topological polar surface area (TPSA) is 77.2 Å². The lowest BCUT2D eigenvalue weighted by Crippen LogP contribution is -2.50. The molecule has 0 unspecified atom stereocenters.